The zero-order valence-electron chi connectivity index (χ0n) is 18.5. The maximum absolute atomic E-state index is 13.2. The van der Waals surface area contributed by atoms with Crippen molar-refractivity contribution in [3.63, 3.8) is 0 Å². The van der Waals surface area contributed by atoms with E-state index in [0.717, 1.165) is 19.3 Å². The number of benzene rings is 1. The minimum atomic E-state index is -0.240. The van der Waals surface area contributed by atoms with Crippen LogP contribution in [0.4, 0.5) is 0 Å². The average molecular weight is 402 g/mol. The number of carbonyl (C=O) groups excluding carboxylic acids is 1. The van der Waals surface area contributed by atoms with E-state index in [1.807, 2.05) is 43.9 Å². The van der Waals surface area contributed by atoms with E-state index < -0.39 is 0 Å². The van der Waals surface area contributed by atoms with E-state index in [2.05, 4.69) is 6.92 Å². The summed E-state index contributed by atoms with van der Waals surface area (Å²) in [5, 5.41) is 0.593. The summed E-state index contributed by atoms with van der Waals surface area (Å²) >= 11 is 0. The van der Waals surface area contributed by atoms with Crippen molar-refractivity contribution in [2.75, 3.05) is 20.3 Å². The Kier molecular flexibility index (Phi) is 8.83. The van der Waals surface area contributed by atoms with Crippen molar-refractivity contribution >= 4 is 16.8 Å². The second kappa shape index (κ2) is 11.1. The molecule has 2 rings (SSSR count). The highest BCUT2D eigenvalue weighted by atomic mass is 16.5. The number of aromatic nitrogens is 2. The lowest BCUT2D eigenvalue weighted by Gasteiger charge is -2.33. The van der Waals surface area contributed by atoms with Gasteiger partial charge in [0.15, 0.2) is 0 Å². The quantitative estimate of drug-likeness (QED) is 0.530. The molecular weight excluding hydrogens is 366 g/mol. The molecule has 2 aromatic rings. The fourth-order valence-corrected chi connectivity index (χ4v) is 3.66. The second-order valence-electron chi connectivity index (χ2n) is 7.75. The molecule has 160 valence electrons. The molecule has 0 bridgehead atoms. The zero-order chi connectivity index (χ0) is 21.4. The van der Waals surface area contributed by atoms with E-state index in [-0.39, 0.29) is 23.4 Å². The van der Waals surface area contributed by atoms with Gasteiger partial charge in [-0.1, -0.05) is 52.7 Å². The van der Waals surface area contributed by atoms with E-state index in [1.54, 1.807) is 17.7 Å². The number of rotatable bonds is 11. The first-order valence-electron chi connectivity index (χ1n) is 10.7. The van der Waals surface area contributed by atoms with Crippen LogP contribution in [0.1, 0.15) is 65.2 Å². The van der Waals surface area contributed by atoms with Crippen LogP contribution in [0.3, 0.4) is 0 Å². The molecule has 29 heavy (non-hydrogen) atoms. The third-order valence-corrected chi connectivity index (χ3v) is 5.25. The van der Waals surface area contributed by atoms with Gasteiger partial charge in [-0.25, -0.2) is 4.98 Å². The Balaban J connectivity index is 2.60. The van der Waals surface area contributed by atoms with E-state index in [4.69, 9.17) is 9.72 Å². The lowest BCUT2D eigenvalue weighted by Crippen LogP contribution is -2.41. The predicted octanol–water partition coefficient (Wildman–Crippen LogP) is 4.17. The molecule has 0 radical (unpaired) electrons. The SMILES string of the molecule is CCCCCN(C(=O)C(C)C)C(CC)c1nc2ccccc2c(=O)n1CCOC. The van der Waals surface area contributed by atoms with E-state index >= 15 is 0 Å². The van der Waals surface area contributed by atoms with Crippen LogP contribution in [0.5, 0.6) is 0 Å². The highest BCUT2D eigenvalue weighted by molar-refractivity contribution is 5.79. The summed E-state index contributed by atoms with van der Waals surface area (Å²) < 4.78 is 6.93. The predicted molar refractivity (Wildman–Crippen MR) is 117 cm³/mol. The van der Waals surface area contributed by atoms with Gasteiger partial charge in [0.2, 0.25) is 5.91 Å². The number of hydrogen-bond donors (Lipinski definition) is 0. The van der Waals surface area contributed by atoms with Crippen molar-refractivity contribution in [3.8, 4) is 0 Å². The normalized spacial score (nSPS) is 12.5. The minimum absolute atomic E-state index is 0.0772. The monoisotopic (exact) mass is 401 g/mol. The highest BCUT2D eigenvalue weighted by Crippen LogP contribution is 2.26. The van der Waals surface area contributed by atoms with Crippen molar-refractivity contribution in [2.45, 2.75) is 66.0 Å². The van der Waals surface area contributed by atoms with Crippen molar-refractivity contribution in [1.82, 2.24) is 14.5 Å². The molecular formula is C23H35N3O3. The Morgan fingerprint density at radius 2 is 1.93 bits per heavy atom. The third-order valence-electron chi connectivity index (χ3n) is 5.25. The molecule has 1 heterocycles. The maximum atomic E-state index is 13.2. The summed E-state index contributed by atoms with van der Waals surface area (Å²) in [7, 11) is 1.62. The number of unbranched alkanes of at least 4 members (excludes halogenated alkanes) is 2. The van der Waals surface area contributed by atoms with Gasteiger partial charge in [-0.05, 0) is 25.0 Å². The van der Waals surface area contributed by atoms with Crippen LogP contribution in [0.15, 0.2) is 29.1 Å². The fraction of sp³-hybridized carbons (Fsp3) is 0.609. The van der Waals surface area contributed by atoms with Gasteiger partial charge in [0, 0.05) is 19.6 Å². The molecule has 0 aliphatic heterocycles. The van der Waals surface area contributed by atoms with Gasteiger partial charge >= 0.3 is 0 Å². The van der Waals surface area contributed by atoms with Crippen LogP contribution in [0.2, 0.25) is 0 Å². The minimum Gasteiger partial charge on any atom is -0.383 e. The fourth-order valence-electron chi connectivity index (χ4n) is 3.66. The molecule has 0 N–H and O–H groups in total. The number of amides is 1. The van der Waals surface area contributed by atoms with Gasteiger partial charge in [-0.15, -0.1) is 0 Å². The molecule has 6 heteroatoms. The molecule has 1 aromatic heterocycles. The number of fused-ring (bicyclic) bond motifs is 1. The summed E-state index contributed by atoms with van der Waals surface area (Å²) in [4.78, 5) is 33.1. The zero-order valence-corrected chi connectivity index (χ0v) is 18.5. The number of methoxy groups -OCH3 is 1. The number of nitrogens with zero attached hydrogens (tertiary/aromatic N) is 3. The average Bonchev–Trinajstić information content (AvgIpc) is 2.72. The highest BCUT2D eigenvalue weighted by Gasteiger charge is 2.29. The molecule has 0 saturated heterocycles. The summed E-state index contributed by atoms with van der Waals surface area (Å²) in [5.41, 5.74) is 0.594. The Hall–Kier alpha value is -2.21. The number of hydrogen-bond acceptors (Lipinski definition) is 4. The van der Waals surface area contributed by atoms with Gasteiger partial charge < -0.3 is 9.64 Å². The first-order chi connectivity index (χ1) is 14.0. The van der Waals surface area contributed by atoms with Crippen molar-refractivity contribution in [2.24, 2.45) is 5.92 Å². The van der Waals surface area contributed by atoms with Crippen LogP contribution in [-0.4, -0.2) is 40.6 Å². The Bertz CT molecular complexity index is 860. The molecule has 0 aliphatic carbocycles. The van der Waals surface area contributed by atoms with Gasteiger partial charge in [-0.2, -0.15) is 0 Å². The van der Waals surface area contributed by atoms with Crippen molar-refractivity contribution in [1.29, 1.82) is 0 Å². The van der Waals surface area contributed by atoms with Crippen LogP contribution in [0, 0.1) is 5.92 Å². The largest absolute Gasteiger partial charge is 0.383 e. The van der Waals surface area contributed by atoms with Crippen molar-refractivity contribution < 1.29 is 9.53 Å². The Morgan fingerprint density at radius 1 is 1.21 bits per heavy atom. The lowest BCUT2D eigenvalue weighted by atomic mass is 10.1. The second-order valence-corrected chi connectivity index (χ2v) is 7.75. The summed E-state index contributed by atoms with van der Waals surface area (Å²) in [6.07, 6.45) is 3.80. The van der Waals surface area contributed by atoms with Gasteiger partial charge in [0.05, 0.1) is 30.1 Å². The molecule has 1 atom stereocenters. The van der Waals surface area contributed by atoms with Gasteiger partial charge in [0.1, 0.15) is 5.82 Å². The Labute approximate surface area is 173 Å². The molecule has 1 amide bonds. The van der Waals surface area contributed by atoms with E-state index in [9.17, 15) is 9.59 Å². The van der Waals surface area contributed by atoms with Crippen molar-refractivity contribution in [3.05, 3.63) is 40.4 Å². The van der Waals surface area contributed by atoms with Gasteiger partial charge in [0.25, 0.3) is 5.56 Å². The maximum Gasteiger partial charge on any atom is 0.261 e. The first kappa shape index (κ1) is 23.1. The summed E-state index contributed by atoms with van der Waals surface area (Å²) in [5.74, 6) is 0.651. The summed E-state index contributed by atoms with van der Waals surface area (Å²) in [6.45, 7) is 9.55. The standard InChI is InChI=1S/C23H35N3O3/c1-6-8-11-14-25(22(27)17(3)4)20(7-2)21-24-19-13-10-9-12-18(19)23(28)26(21)15-16-29-5/h9-10,12-13,17,20H,6-8,11,14-16H2,1-5H3. The Morgan fingerprint density at radius 3 is 2.55 bits per heavy atom. The molecule has 0 aliphatic rings. The van der Waals surface area contributed by atoms with Crippen LogP contribution >= 0.6 is 0 Å². The van der Waals surface area contributed by atoms with Crippen LogP contribution in [0.25, 0.3) is 10.9 Å². The van der Waals surface area contributed by atoms with Crippen LogP contribution in [-0.2, 0) is 16.1 Å². The number of carbonyl (C=O) groups is 1. The van der Waals surface area contributed by atoms with Crippen LogP contribution < -0.4 is 5.56 Å². The van der Waals surface area contributed by atoms with Gasteiger partial charge in [-0.3, -0.25) is 14.2 Å². The third kappa shape index (κ3) is 5.44. The van der Waals surface area contributed by atoms with E-state index in [1.165, 1.54) is 0 Å². The number of para-hydroxylation sites is 1. The summed E-state index contributed by atoms with van der Waals surface area (Å²) in [6, 6.07) is 7.16. The van der Waals surface area contributed by atoms with E-state index in [0.29, 0.717) is 42.8 Å². The first-order valence-corrected chi connectivity index (χ1v) is 10.7. The molecule has 0 fully saturated rings. The lowest BCUT2D eigenvalue weighted by molar-refractivity contribution is -0.137. The molecule has 6 nitrogen and oxygen atoms in total. The molecule has 1 aromatic carbocycles. The topological polar surface area (TPSA) is 64.4 Å². The molecule has 0 saturated carbocycles. The molecule has 1 unspecified atom stereocenters. The molecule has 0 spiro atoms. The number of ether oxygens (including phenoxy) is 1. The smallest absolute Gasteiger partial charge is 0.261 e.